The Bertz CT molecular complexity index is 1750. The lowest BCUT2D eigenvalue weighted by Crippen LogP contribution is -2.33. The highest BCUT2D eigenvalue weighted by atomic mass is 16.5. The lowest BCUT2D eigenvalue weighted by molar-refractivity contribution is -0.137. The first-order valence-electron chi connectivity index (χ1n) is 14.9. The number of benzene rings is 4. The van der Waals surface area contributed by atoms with Crippen LogP contribution in [0.5, 0.6) is 5.75 Å². The van der Waals surface area contributed by atoms with Gasteiger partial charge in [0.1, 0.15) is 18.4 Å². The number of hydrogen-bond donors (Lipinski definition) is 2. The van der Waals surface area contributed by atoms with Crippen LogP contribution in [0, 0.1) is 0 Å². The van der Waals surface area contributed by atoms with E-state index in [2.05, 4.69) is 5.32 Å². The number of carbonyl (C=O) groups excluding carboxylic acids is 2. The van der Waals surface area contributed by atoms with Gasteiger partial charge < -0.3 is 24.5 Å². The average Bonchev–Trinajstić information content (AvgIpc) is 3.62. The predicted octanol–water partition coefficient (Wildman–Crippen LogP) is 6.74. The molecular weight excluding hydrogens is 580 g/mol. The molecule has 1 heterocycles. The largest absolute Gasteiger partial charge is 0.492 e. The number of carbonyl (C=O) groups is 3. The SMILES string of the molecule is O=C(c1ccccc1)c1ccccc1NC(Cc1ccc(OCCN(Cc2ccccc2)C(=O)C=Cc2ccoc2)cc1)C(=O)O. The summed E-state index contributed by atoms with van der Waals surface area (Å²) in [6, 6.07) is 33.5. The van der Waals surface area contributed by atoms with Crippen LogP contribution in [0.1, 0.15) is 32.6 Å². The summed E-state index contributed by atoms with van der Waals surface area (Å²) in [5, 5.41) is 13.1. The van der Waals surface area contributed by atoms with E-state index in [-0.39, 0.29) is 24.7 Å². The van der Waals surface area contributed by atoms with Crippen LogP contribution in [-0.2, 0) is 22.6 Å². The Morgan fingerprint density at radius 3 is 2.22 bits per heavy atom. The number of rotatable bonds is 15. The number of anilines is 1. The Balaban J connectivity index is 1.19. The van der Waals surface area contributed by atoms with E-state index in [4.69, 9.17) is 9.15 Å². The van der Waals surface area contributed by atoms with Gasteiger partial charge in [0.25, 0.3) is 0 Å². The zero-order valence-corrected chi connectivity index (χ0v) is 25.1. The van der Waals surface area contributed by atoms with Crippen molar-refractivity contribution in [3.8, 4) is 5.75 Å². The molecule has 1 atom stereocenters. The Labute approximate surface area is 267 Å². The van der Waals surface area contributed by atoms with Gasteiger partial charge >= 0.3 is 5.97 Å². The molecule has 0 saturated heterocycles. The molecule has 0 aliphatic heterocycles. The molecule has 0 saturated carbocycles. The summed E-state index contributed by atoms with van der Waals surface area (Å²) >= 11 is 0. The van der Waals surface area contributed by atoms with E-state index >= 15 is 0 Å². The number of carboxylic acids is 1. The normalized spacial score (nSPS) is 11.6. The van der Waals surface area contributed by atoms with Crippen LogP contribution in [0.15, 0.2) is 138 Å². The molecule has 2 N–H and O–H groups in total. The van der Waals surface area contributed by atoms with Crippen molar-refractivity contribution in [2.75, 3.05) is 18.5 Å². The fraction of sp³-hybridized carbons (Fsp3) is 0.132. The van der Waals surface area contributed by atoms with Gasteiger partial charge in [-0.05, 0) is 47.5 Å². The lowest BCUT2D eigenvalue weighted by atomic mass is 10.00. The first-order chi connectivity index (χ1) is 22.5. The van der Waals surface area contributed by atoms with Crippen molar-refractivity contribution in [2.45, 2.75) is 19.0 Å². The van der Waals surface area contributed by atoms with Crippen LogP contribution >= 0.6 is 0 Å². The molecule has 1 aromatic heterocycles. The highest BCUT2D eigenvalue weighted by Crippen LogP contribution is 2.22. The molecule has 1 unspecified atom stereocenters. The topological polar surface area (TPSA) is 109 Å². The quantitative estimate of drug-likeness (QED) is 0.0993. The molecule has 0 spiro atoms. The highest BCUT2D eigenvalue weighted by molar-refractivity contribution is 6.12. The first kappa shape index (κ1) is 31.5. The van der Waals surface area contributed by atoms with Crippen molar-refractivity contribution in [3.05, 3.63) is 162 Å². The molecule has 0 aliphatic rings. The molecule has 1 amide bonds. The molecule has 8 nitrogen and oxygen atoms in total. The zero-order valence-electron chi connectivity index (χ0n) is 25.1. The molecule has 232 valence electrons. The number of nitrogens with one attached hydrogen (secondary N) is 1. The fourth-order valence-corrected chi connectivity index (χ4v) is 4.88. The highest BCUT2D eigenvalue weighted by Gasteiger charge is 2.21. The summed E-state index contributed by atoms with van der Waals surface area (Å²) in [5.41, 5.74) is 3.97. The summed E-state index contributed by atoms with van der Waals surface area (Å²) in [6.07, 6.45) is 6.54. The number of furan rings is 1. The summed E-state index contributed by atoms with van der Waals surface area (Å²) in [4.78, 5) is 40.1. The number of carboxylic acid groups (broad SMARTS) is 1. The minimum atomic E-state index is -1.03. The zero-order chi connectivity index (χ0) is 32.1. The second-order valence-corrected chi connectivity index (χ2v) is 10.6. The minimum absolute atomic E-state index is 0.150. The summed E-state index contributed by atoms with van der Waals surface area (Å²) < 4.78 is 11.0. The first-order valence-corrected chi connectivity index (χ1v) is 14.9. The lowest BCUT2D eigenvalue weighted by Gasteiger charge is -2.22. The van der Waals surface area contributed by atoms with Crippen LogP contribution in [-0.4, -0.2) is 46.9 Å². The monoisotopic (exact) mass is 614 g/mol. The van der Waals surface area contributed by atoms with E-state index in [0.29, 0.717) is 35.7 Å². The van der Waals surface area contributed by atoms with Crippen LogP contribution < -0.4 is 10.1 Å². The van der Waals surface area contributed by atoms with Crippen LogP contribution in [0.25, 0.3) is 6.08 Å². The van der Waals surface area contributed by atoms with E-state index in [1.165, 1.54) is 6.08 Å². The Morgan fingerprint density at radius 2 is 1.52 bits per heavy atom. The minimum Gasteiger partial charge on any atom is -0.492 e. The maximum absolute atomic E-state index is 13.1. The number of nitrogens with zero attached hydrogens (tertiary/aromatic N) is 1. The average molecular weight is 615 g/mol. The van der Waals surface area contributed by atoms with Gasteiger partial charge in [0.05, 0.1) is 19.1 Å². The van der Waals surface area contributed by atoms with Gasteiger partial charge in [-0.1, -0.05) is 84.9 Å². The molecule has 0 radical (unpaired) electrons. The molecule has 0 aliphatic carbocycles. The third kappa shape index (κ3) is 8.83. The van der Waals surface area contributed by atoms with Crippen molar-refractivity contribution in [1.82, 2.24) is 4.90 Å². The third-order valence-electron chi connectivity index (χ3n) is 7.32. The molecular formula is C38H34N2O6. The van der Waals surface area contributed by atoms with E-state index < -0.39 is 12.0 Å². The van der Waals surface area contributed by atoms with Gasteiger partial charge in [0.15, 0.2) is 5.78 Å². The van der Waals surface area contributed by atoms with Crippen LogP contribution in [0.2, 0.25) is 0 Å². The van der Waals surface area contributed by atoms with Crippen molar-refractivity contribution in [2.24, 2.45) is 0 Å². The van der Waals surface area contributed by atoms with Gasteiger partial charge in [-0.3, -0.25) is 9.59 Å². The van der Waals surface area contributed by atoms with Gasteiger partial charge in [-0.2, -0.15) is 0 Å². The number of ether oxygens (including phenoxy) is 1. The number of ketones is 1. The van der Waals surface area contributed by atoms with E-state index in [0.717, 1.165) is 16.7 Å². The van der Waals surface area contributed by atoms with E-state index in [9.17, 15) is 19.5 Å². The smallest absolute Gasteiger partial charge is 0.326 e. The number of hydrogen-bond acceptors (Lipinski definition) is 6. The van der Waals surface area contributed by atoms with Crippen molar-refractivity contribution < 1.29 is 28.6 Å². The third-order valence-corrected chi connectivity index (χ3v) is 7.32. The summed E-state index contributed by atoms with van der Waals surface area (Å²) in [6.45, 7) is 1.06. The second kappa shape index (κ2) is 15.7. The van der Waals surface area contributed by atoms with Crippen LogP contribution in [0.4, 0.5) is 5.69 Å². The van der Waals surface area contributed by atoms with E-state index in [1.54, 1.807) is 90.2 Å². The molecule has 8 heteroatoms. The molecule has 0 fully saturated rings. The van der Waals surface area contributed by atoms with Gasteiger partial charge in [0.2, 0.25) is 5.91 Å². The second-order valence-electron chi connectivity index (χ2n) is 10.6. The molecule has 5 aromatic rings. The maximum atomic E-state index is 13.1. The number of amides is 1. The maximum Gasteiger partial charge on any atom is 0.326 e. The molecule has 4 aromatic carbocycles. The summed E-state index contributed by atoms with van der Waals surface area (Å²) in [7, 11) is 0. The van der Waals surface area contributed by atoms with Crippen molar-refractivity contribution in [1.29, 1.82) is 0 Å². The Kier molecular flexibility index (Phi) is 10.8. The number of aliphatic carboxylic acids is 1. The van der Waals surface area contributed by atoms with E-state index in [1.807, 2.05) is 48.5 Å². The van der Waals surface area contributed by atoms with Crippen molar-refractivity contribution in [3.63, 3.8) is 0 Å². The fourth-order valence-electron chi connectivity index (χ4n) is 4.88. The molecule has 5 rings (SSSR count). The van der Waals surface area contributed by atoms with Crippen molar-refractivity contribution >= 4 is 29.4 Å². The Hall–Kier alpha value is -5.89. The summed E-state index contributed by atoms with van der Waals surface area (Å²) in [5.74, 6) is -0.772. The van der Waals surface area contributed by atoms with Gasteiger partial charge in [0, 0.05) is 41.4 Å². The predicted molar refractivity (Wildman–Crippen MR) is 177 cm³/mol. The Morgan fingerprint density at radius 1 is 0.826 bits per heavy atom. The van der Waals surface area contributed by atoms with Gasteiger partial charge in [-0.25, -0.2) is 4.79 Å². The molecule has 46 heavy (non-hydrogen) atoms. The molecule has 0 bridgehead atoms. The number of para-hydroxylation sites is 1. The standard InChI is InChI=1S/C38H34N2O6/c41-36(20-17-30-21-23-45-27-30)40(26-29-9-3-1-4-10-29)22-24-46-32-18-15-28(16-19-32)25-35(38(43)44)39-34-14-8-7-13-33(34)37(42)31-11-5-2-6-12-31/h1-21,23,27,35,39H,22,24-26H2,(H,43,44). The van der Waals surface area contributed by atoms with Crippen LogP contribution in [0.3, 0.4) is 0 Å². The van der Waals surface area contributed by atoms with Gasteiger partial charge in [-0.15, -0.1) is 0 Å².